The summed E-state index contributed by atoms with van der Waals surface area (Å²) in [6.07, 6.45) is 0. The van der Waals surface area contributed by atoms with Crippen molar-refractivity contribution in [3.63, 3.8) is 0 Å². The van der Waals surface area contributed by atoms with Gasteiger partial charge in [-0.3, -0.25) is 0 Å². The molecule has 2 heteroatoms. The van der Waals surface area contributed by atoms with Gasteiger partial charge in [-0.1, -0.05) is 121 Å². The predicted molar refractivity (Wildman–Crippen MR) is 202 cm³/mol. The van der Waals surface area contributed by atoms with Crippen LogP contribution in [0.2, 0.25) is 0 Å². The number of benzene rings is 8. The van der Waals surface area contributed by atoms with Gasteiger partial charge in [-0.2, -0.15) is 0 Å². The van der Waals surface area contributed by atoms with Crippen molar-refractivity contribution >= 4 is 49.8 Å². The Bertz CT molecular complexity index is 4060. The standard InChI is InChI=1S/C46H31NO/c1-5-15-32(16-6-1)34-27-35(33-17-7-2-8-18-33)29-36(28-34)43-31-44-41-26-25-39(30-45(41)48-46(44)42-24-14-13-23-40(42)43)47(37-19-9-3-10-20-37)38-21-11-4-12-22-38/h1-31H/i1D,2D,3D,4D,5D,6D,7D,8D,9D,10D,11D,12D,13D,14D,15D,16D,17D,18D,19D,20D,21D,22D,23D,24D,25D,26D,27D,28D,29D,30D,31D. The second kappa shape index (κ2) is 11.8. The van der Waals surface area contributed by atoms with Crippen LogP contribution < -0.4 is 4.90 Å². The molecule has 2 nitrogen and oxygen atoms in total. The van der Waals surface area contributed by atoms with Crippen molar-refractivity contribution in [2.45, 2.75) is 0 Å². The summed E-state index contributed by atoms with van der Waals surface area (Å²) in [5, 5.41) is -2.97. The van der Waals surface area contributed by atoms with E-state index in [0.717, 1.165) is 0 Å². The highest BCUT2D eigenvalue weighted by Crippen LogP contribution is 2.43. The lowest BCUT2D eigenvalue weighted by Gasteiger charge is -2.25. The summed E-state index contributed by atoms with van der Waals surface area (Å²) in [7, 11) is 0. The Morgan fingerprint density at radius 3 is 1.44 bits per heavy atom. The highest BCUT2D eigenvalue weighted by Gasteiger charge is 2.19. The maximum atomic E-state index is 10.0. The normalized spacial score (nSPS) is 20.4. The van der Waals surface area contributed by atoms with Crippen LogP contribution >= 0.6 is 0 Å². The summed E-state index contributed by atoms with van der Waals surface area (Å²) < 4.78 is 282. The summed E-state index contributed by atoms with van der Waals surface area (Å²) >= 11 is 0. The maximum absolute atomic E-state index is 10.0. The van der Waals surface area contributed by atoms with Crippen LogP contribution in [0.1, 0.15) is 42.5 Å². The number of para-hydroxylation sites is 2. The van der Waals surface area contributed by atoms with Gasteiger partial charge in [-0.05, 0) is 99.2 Å². The molecular weight excluding hydrogens is 583 g/mol. The van der Waals surface area contributed by atoms with Crippen molar-refractivity contribution < 1.29 is 46.9 Å². The van der Waals surface area contributed by atoms with Gasteiger partial charge in [0.1, 0.15) is 11.2 Å². The summed E-state index contributed by atoms with van der Waals surface area (Å²) in [6.45, 7) is 0. The number of hydrogen-bond acceptors (Lipinski definition) is 2. The van der Waals surface area contributed by atoms with Gasteiger partial charge < -0.3 is 9.32 Å². The minimum atomic E-state index is -1.18. The van der Waals surface area contributed by atoms with Crippen LogP contribution in [-0.4, -0.2) is 0 Å². The largest absolute Gasteiger partial charge is 0.455 e. The molecule has 1 heterocycles. The van der Waals surface area contributed by atoms with Gasteiger partial charge in [-0.15, -0.1) is 0 Å². The molecule has 0 aliphatic carbocycles. The van der Waals surface area contributed by atoms with Gasteiger partial charge in [0, 0.05) is 39.3 Å². The second-order valence-corrected chi connectivity index (χ2v) is 9.77. The van der Waals surface area contributed by atoms with Crippen LogP contribution in [0.5, 0.6) is 0 Å². The molecule has 8 aromatic carbocycles. The minimum Gasteiger partial charge on any atom is -0.455 e. The zero-order valence-corrected chi connectivity index (χ0v) is 23.9. The van der Waals surface area contributed by atoms with E-state index in [-0.39, 0.29) is 0 Å². The molecule has 0 saturated heterocycles. The monoisotopic (exact) mass is 644 g/mol. The molecule has 0 bridgehead atoms. The summed E-state index contributed by atoms with van der Waals surface area (Å²) in [5.41, 5.74) is -10.2. The number of nitrogens with zero attached hydrogens (tertiary/aromatic N) is 1. The molecule has 0 spiro atoms. The number of furan rings is 1. The number of rotatable bonds is 6. The van der Waals surface area contributed by atoms with E-state index in [1.54, 1.807) is 0 Å². The van der Waals surface area contributed by atoms with Crippen LogP contribution in [0.3, 0.4) is 0 Å². The quantitative estimate of drug-likeness (QED) is 0.179. The first-order chi connectivity index (χ1) is 36.7. The van der Waals surface area contributed by atoms with Crippen LogP contribution in [0, 0.1) is 0 Å². The molecule has 48 heavy (non-hydrogen) atoms. The average molecular weight is 645 g/mol. The molecule has 0 saturated carbocycles. The molecule has 0 aliphatic heterocycles. The van der Waals surface area contributed by atoms with Gasteiger partial charge in [0.2, 0.25) is 0 Å². The second-order valence-electron chi connectivity index (χ2n) is 9.77. The van der Waals surface area contributed by atoms with E-state index in [1.807, 2.05) is 0 Å². The van der Waals surface area contributed by atoms with Gasteiger partial charge in [-0.25, -0.2) is 0 Å². The number of hydrogen-bond donors (Lipinski definition) is 0. The van der Waals surface area contributed by atoms with Crippen molar-refractivity contribution in [2.24, 2.45) is 0 Å². The molecule has 0 fully saturated rings. The maximum Gasteiger partial charge on any atom is 0.143 e. The lowest BCUT2D eigenvalue weighted by atomic mass is 9.90. The molecule has 0 atom stereocenters. The Morgan fingerprint density at radius 2 is 0.854 bits per heavy atom. The Hall–Kier alpha value is -6.38. The lowest BCUT2D eigenvalue weighted by molar-refractivity contribution is 0.673. The van der Waals surface area contributed by atoms with Gasteiger partial charge in [0.15, 0.2) is 0 Å². The summed E-state index contributed by atoms with van der Waals surface area (Å²) in [6, 6.07) is -32.3. The van der Waals surface area contributed by atoms with Crippen LogP contribution in [0.25, 0.3) is 66.1 Å². The third kappa shape index (κ3) is 4.92. The fourth-order valence-corrected chi connectivity index (χ4v) is 4.99. The SMILES string of the molecule is [2H]c1c([2H])c([2H])c(-c2c([2H])c(-c3c([2H])c([2H])c([2H])c([2H])c3[2H])c([2H])c(-c3c([2H])c4c(oc5c([2H])c(N(c6c([2H])c([2H])c([2H])c([2H])c6[2H])c6c([2H])c([2H])c([2H])c([2H])c6[2H])c([2H])c([2H])c54)c4c([2H])c([2H])c([2H])c([2H])c34)c2[2H])c([2H])c1[2H]. The van der Waals surface area contributed by atoms with E-state index < -0.39 is 270 Å². The van der Waals surface area contributed by atoms with E-state index in [2.05, 4.69) is 0 Å². The molecule has 0 N–H and O–H groups in total. The highest BCUT2D eigenvalue weighted by molar-refractivity contribution is 6.19. The molecule has 0 radical (unpaired) electrons. The van der Waals surface area contributed by atoms with E-state index in [1.165, 1.54) is 0 Å². The Kier molecular flexibility index (Phi) is 2.59. The first kappa shape index (κ1) is 10.6. The van der Waals surface area contributed by atoms with Gasteiger partial charge in [0.25, 0.3) is 0 Å². The highest BCUT2D eigenvalue weighted by atomic mass is 16.3. The van der Waals surface area contributed by atoms with Crippen molar-refractivity contribution in [3.8, 4) is 33.4 Å². The van der Waals surface area contributed by atoms with E-state index in [0.29, 0.717) is 4.90 Å². The summed E-state index contributed by atoms with van der Waals surface area (Å²) in [5.74, 6) is 0. The third-order valence-corrected chi connectivity index (χ3v) is 7.01. The fourth-order valence-electron chi connectivity index (χ4n) is 4.99. The van der Waals surface area contributed by atoms with Gasteiger partial charge >= 0.3 is 0 Å². The third-order valence-electron chi connectivity index (χ3n) is 7.01. The predicted octanol–water partition coefficient (Wildman–Crippen LogP) is 13.2. The first-order valence-corrected chi connectivity index (χ1v) is 13.8. The zero-order chi connectivity index (χ0) is 58.8. The molecule has 1 aromatic heterocycles. The Labute approximate surface area is 323 Å². The molecule has 9 aromatic rings. The topological polar surface area (TPSA) is 16.4 Å². The summed E-state index contributed by atoms with van der Waals surface area (Å²) in [4.78, 5) is 0.412. The van der Waals surface area contributed by atoms with E-state index in [9.17, 15) is 12.3 Å². The van der Waals surface area contributed by atoms with Crippen molar-refractivity contribution in [2.75, 3.05) is 4.90 Å². The molecule has 226 valence electrons. The molecular formula is C46H31NO. The van der Waals surface area contributed by atoms with E-state index >= 15 is 0 Å². The van der Waals surface area contributed by atoms with Gasteiger partial charge in [0.05, 0.1) is 42.5 Å². The minimum absolute atomic E-state index is 0.412. The van der Waals surface area contributed by atoms with Crippen molar-refractivity contribution in [1.29, 1.82) is 0 Å². The smallest absolute Gasteiger partial charge is 0.143 e. The first-order valence-electron chi connectivity index (χ1n) is 29.3. The van der Waals surface area contributed by atoms with Crippen LogP contribution in [-0.2, 0) is 0 Å². The average Bonchev–Trinajstić information content (AvgIpc) is 4.12. The zero-order valence-electron chi connectivity index (χ0n) is 54.9. The van der Waals surface area contributed by atoms with Crippen molar-refractivity contribution in [3.05, 3.63) is 187 Å². The molecule has 0 aliphatic rings. The van der Waals surface area contributed by atoms with E-state index in [4.69, 9.17) is 34.6 Å². The lowest BCUT2D eigenvalue weighted by Crippen LogP contribution is -2.09. The van der Waals surface area contributed by atoms with Crippen LogP contribution in [0.15, 0.2) is 192 Å². The molecule has 0 unspecified atom stereocenters. The Morgan fingerprint density at radius 1 is 0.354 bits per heavy atom. The number of fused-ring (bicyclic) bond motifs is 5. The fraction of sp³-hybridized carbons (Fsp3) is 0. The molecule has 9 rings (SSSR count). The van der Waals surface area contributed by atoms with Crippen molar-refractivity contribution in [1.82, 2.24) is 0 Å². The molecule has 0 amide bonds. The number of anilines is 3. The Balaban J connectivity index is 1.56. The van der Waals surface area contributed by atoms with Crippen LogP contribution in [0.4, 0.5) is 17.1 Å².